The highest BCUT2D eigenvalue weighted by Gasteiger charge is 2.16. The number of carbonyl (C=O) groups excluding carboxylic acids is 1. The van der Waals surface area contributed by atoms with E-state index in [4.69, 9.17) is 0 Å². The molecule has 19 heavy (non-hydrogen) atoms. The lowest BCUT2D eigenvalue weighted by Crippen LogP contribution is -2.22. The molecular formula is C15H18N2OS. The van der Waals surface area contributed by atoms with Crippen molar-refractivity contribution in [3.8, 4) is 0 Å². The first-order chi connectivity index (χ1) is 9.08. The fourth-order valence-corrected chi connectivity index (χ4v) is 2.72. The minimum absolute atomic E-state index is 0.0363. The third kappa shape index (κ3) is 3.41. The average molecular weight is 274 g/mol. The van der Waals surface area contributed by atoms with Crippen LogP contribution in [0.15, 0.2) is 30.3 Å². The van der Waals surface area contributed by atoms with Crippen LogP contribution in [-0.4, -0.2) is 10.9 Å². The first kappa shape index (κ1) is 13.7. The molecule has 0 spiro atoms. The molecular weight excluding hydrogens is 256 g/mol. The van der Waals surface area contributed by atoms with Gasteiger partial charge in [-0.15, -0.1) is 11.3 Å². The summed E-state index contributed by atoms with van der Waals surface area (Å²) in [6, 6.07) is 9.90. The summed E-state index contributed by atoms with van der Waals surface area (Å²) in [5.74, 6) is 0.324. The van der Waals surface area contributed by atoms with Gasteiger partial charge in [0.25, 0.3) is 5.91 Å². The summed E-state index contributed by atoms with van der Waals surface area (Å²) in [5, 5.41) is 3.96. The second-order valence-corrected chi connectivity index (χ2v) is 5.82. The molecule has 0 aliphatic carbocycles. The number of rotatable bonds is 4. The number of aromatic nitrogens is 1. The first-order valence-corrected chi connectivity index (χ1v) is 7.19. The predicted molar refractivity (Wildman–Crippen MR) is 78.6 cm³/mol. The third-order valence-electron chi connectivity index (χ3n) is 2.81. The second kappa shape index (κ2) is 5.97. The Labute approximate surface area is 117 Å². The van der Waals surface area contributed by atoms with Crippen LogP contribution in [0.4, 0.5) is 0 Å². The van der Waals surface area contributed by atoms with Gasteiger partial charge < -0.3 is 5.32 Å². The highest BCUT2D eigenvalue weighted by molar-refractivity contribution is 7.13. The van der Waals surface area contributed by atoms with E-state index in [2.05, 4.69) is 24.1 Å². The Morgan fingerprint density at radius 1 is 1.32 bits per heavy atom. The summed E-state index contributed by atoms with van der Waals surface area (Å²) in [5.41, 5.74) is 1.92. The zero-order valence-corrected chi connectivity index (χ0v) is 12.3. The van der Waals surface area contributed by atoms with Gasteiger partial charge in [0.15, 0.2) is 0 Å². The molecule has 1 aromatic carbocycles. The lowest BCUT2D eigenvalue weighted by molar-refractivity contribution is 0.0954. The second-order valence-electron chi connectivity index (χ2n) is 4.79. The summed E-state index contributed by atoms with van der Waals surface area (Å²) >= 11 is 1.49. The maximum atomic E-state index is 12.1. The van der Waals surface area contributed by atoms with Gasteiger partial charge in [0.1, 0.15) is 4.88 Å². The Kier molecular flexibility index (Phi) is 4.32. The lowest BCUT2D eigenvalue weighted by atomic mass is 10.2. The van der Waals surface area contributed by atoms with Crippen molar-refractivity contribution in [2.75, 3.05) is 0 Å². The molecule has 1 aromatic heterocycles. The monoisotopic (exact) mass is 274 g/mol. The quantitative estimate of drug-likeness (QED) is 0.927. The van der Waals surface area contributed by atoms with Gasteiger partial charge in [0.2, 0.25) is 0 Å². The maximum Gasteiger partial charge on any atom is 0.263 e. The highest BCUT2D eigenvalue weighted by atomic mass is 32.1. The normalized spacial score (nSPS) is 10.7. The standard InChI is InChI=1S/C15H18N2OS/c1-10(2)15-17-11(3)13(19-15)14(18)16-9-12-7-5-4-6-8-12/h4-8,10H,9H2,1-3H3,(H,16,18). The van der Waals surface area contributed by atoms with Crippen LogP contribution in [-0.2, 0) is 6.54 Å². The molecule has 0 atom stereocenters. The molecule has 1 heterocycles. The van der Waals surface area contributed by atoms with Gasteiger partial charge in [-0.3, -0.25) is 4.79 Å². The van der Waals surface area contributed by atoms with Crippen LogP contribution >= 0.6 is 11.3 Å². The van der Waals surface area contributed by atoms with Crippen LogP contribution in [0.5, 0.6) is 0 Å². The van der Waals surface area contributed by atoms with Crippen LogP contribution < -0.4 is 5.32 Å². The number of benzene rings is 1. The Morgan fingerprint density at radius 3 is 2.58 bits per heavy atom. The van der Waals surface area contributed by atoms with Crippen molar-refractivity contribution in [1.29, 1.82) is 0 Å². The fraction of sp³-hybridized carbons (Fsp3) is 0.333. The summed E-state index contributed by atoms with van der Waals surface area (Å²) in [7, 11) is 0. The molecule has 1 N–H and O–H groups in total. The molecule has 100 valence electrons. The van der Waals surface area contributed by atoms with E-state index in [0.717, 1.165) is 21.1 Å². The van der Waals surface area contributed by atoms with Crippen LogP contribution in [0, 0.1) is 6.92 Å². The number of nitrogens with zero attached hydrogens (tertiary/aromatic N) is 1. The SMILES string of the molecule is Cc1nc(C(C)C)sc1C(=O)NCc1ccccc1. The molecule has 0 saturated heterocycles. The number of hydrogen-bond acceptors (Lipinski definition) is 3. The molecule has 2 aromatic rings. The Morgan fingerprint density at radius 2 is 2.00 bits per heavy atom. The van der Waals surface area contributed by atoms with E-state index in [-0.39, 0.29) is 5.91 Å². The largest absolute Gasteiger partial charge is 0.347 e. The zero-order valence-electron chi connectivity index (χ0n) is 11.4. The van der Waals surface area contributed by atoms with Crippen molar-refractivity contribution >= 4 is 17.2 Å². The maximum absolute atomic E-state index is 12.1. The molecule has 0 bridgehead atoms. The van der Waals surface area contributed by atoms with Crippen molar-refractivity contribution in [2.45, 2.75) is 33.2 Å². The molecule has 0 fully saturated rings. The van der Waals surface area contributed by atoms with E-state index >= 15 is 0 Å². The van der Waals surface area contributed by atoms with Crippen molar-refractivity contribution in [2.24, 2.45) is 0 Å². The molecule has 0 radical (unpaired) electrons. The first-order valence-electron chi connectivity index (χ1n) is 6.37. The van der Waals surface area contributed by atoms with Crippen LogP contribution in [0.25, 0.3) is 0 Å². The number of carbonyl (C=O) groups is 1. The minimum atomic E-state index is -0.0363. The molecule has 1 amide bonds. The van der Waals surface area contributed by atoms with Crippen LogP contribution in [0.1, 0.15) is 45.7 Å². The topological polar surface area (TPSA) is 42.0 Å². The average Bonchev–Trinajstić information content (AvgIpc) is 2.80. The smallest absolute Gasteiger partial charge is 0.263 e. The molecule has 0 saturated carbocycles. The van der Waals surface area contributed by atoms with E-state index in [0.29, 0.717) is 12.5 Å². The van der Waals surface area contributed by atoms with E-state index in [1.54, 1.807) is 0 Å². The Balaban J connectivity index is 2.04. The van der Waals surface area contributed by atoms with Crippen molar-refractivity contribution in [3.05, 3.63) is 51.5 Å². The molecule has 0 unspecified atom stereocenters. The Bertz CT molecular complexity index is 561. The number of amides is 1. The molecule has 3 nitrogen and oxygen atoms in total. The van der Waals surface area contributed by atoms with E-state index < -0.39 is 0 Å². The van der Waals surface area contributed by atoms with Gasteiger partial charge in [-0.2, -0.15) is 0 Å². The van der Waals surface area contributed by atoms with E-state index in [9.17, 15) is 4.79 Å². The highest BCUT2D eigenvalue weighted by Crippen LogP contribution is 2.24. The van der Waals surface area contributed by atoms with Crippen LogP contribution in [0.3, 0.4) is 0 Å². The summed E-state index contributed by atoms with van der Waals surface area (Å²) < 4.78 is 0. The van der Waals surface area contributed by atoms with Gasteiger partial charge in [-0.05, 0) is 12.5 Å². The molecule has 2 rings (SSSR count). The summed E-state index contributed by atoms with van der Waals surface area (Å²) in [4.78, 5) is 17.3. The van der Waals surface area contributed by atoms with Gasteiger partial charge in [-0.25, -0.2) is 4.98 Å². The molecule has 0 aliphatic rings. The van der Waals surface area contributed by atoms with Crippen molar-refractivity contribution in [1.82, 2.24) is 10.3 Å². The zero-order chi connectivity index (χ0) is 13.8. The third-order valence-corrected chi connectivity index (χ3v) is 4.27. The number of hydrogen-bond donors (Lipinski definition) is 1. The Hall–Kier alpha value is -1.68. The van der Waals surface area contributed by atoms with E-state index in [1.165, 1.54) is 11.3 Å². The summed E-state index contributed by atoms with van der Waals surface area (Å²) in [6.07, 6.45) is 0. The van der Waals surface area contributed by atoms with E-state index in [1.807, 2.05) is 37.3 Å². The number of aryl methyl sites for hydroxylation is 1. The van der Waals surface area contributed by atoms with Crippen molar-refractivity contribution < 1.29 is 4.79 Å². The van der Waals surface area contributed by atoms with Gasteiger partial charge in [0, 0.05) is 12.5 Å². The van der Waals surface area contributed by atoms with Gasteiger partial charge >= 0.3 is 0 Å². The summed E-state index contributed by atoms with van der Waals surface area (Å²) in [6.45, 7) is 6.61. The van der Waals surface area contributed by atoms with Gasteiger partial charge in [-0.1, -0.05) is 44.2 Å². The molecule has 0 aliphatic heterocycles. The lowest BCUT2D eigenvalue weighted by Gasteiger charge is -2.03. The number of thiazole rings is 1. The van der Waals surface area contributed by atoms with Gasteiger partial charge in [0.05, 0.1) is 10.7 Å². The minimum Gasteiger partial charge on any atom is -0.347 e. The fourth-order valence-electron chi connectivity index (χ4n) is 1.73. The van der Waals surface area contributed by atoms with Crippen molar-refractivity contribution in [3.63, 3.8) is 0 Å². The predicted octanol–water partition coefficient (Wildman–Crippen LogP) is 3.50. The van der Waals surface area contributed by atoms with Crippen LogP contribution in [0.2, 0.25) is 0 Å². The number of nitrogens with one attached hydrogen (secondary N) is 1. The molecule has 4 heteroatoms.